The summed E-state index contributed by atoms with van der Waals surface area (Å²) >= 11 is 0. The van der Waals surface area contributed by atoms with Crippen molar-refractivity contribution >= 4 is 0 Å². The Morgan fingerprint density at radius 1 is 1.17 bits per heavy atom. The second-order valence-electron chi connectivity index (χ2n) is 5.85. The standard InChI is InChI=1S/C16H27NO/c1-6-18-15-10-12(2)14(9-13(15)3)7-8-16(4,5)11-17/h9-10H,6-8,11,17H2,1-5H3. The molecular formula is C16H27NO. The van der Waals surface area contributed by atoms with Crippen LogP contribution >= 0.6 is 0 Å². The van der Waals surface area contributed by atoms with Gasteiger partial charge in [-0.25, -0.2) is 0 Å². The van der Waals surface area contributed by atoms with Crippen LogP contribution in [0.5, 0.6) is 5.75 Å². The molecule has 1 rings (SSSR count). The molecule has 2 N–H and O–H groups in total. The Bertz CT molecular complexity index is 396. The van der Waals surface area contributed by atoms with E-state index in [9.17, 15) is 0 Å². The third-order valence-electron chi connectivity index (χ3n) is 3.56. The summed E-state index contributed by atoms with van der Waals surface area (Å²) in [6, 6.07) is 4.41. The fourth-order valence-electron chi connectivity index (χ4n) is 2.00. The van der Waals surface area contributed by atoms with Gasteiger partial charge in [-0.2, -0.15) is 0 Å². The van der Waals surface area contributed by atoms with Crippen LogP contribution in [0, 0.1) is 19.3 Å². The molecule has 1 aromatic rings. The lowest BCUT2D eigenvalue weighted by atomic mass is 9.85. The van der Waals surface area contributed by atoms with Crippen molar-refractivity contribution in [1.29, 1.82) is 0 Å². The predicted molar refractivity (Wildman–Crippen MR) is 78.2 cm³/mol. The molecule has 0 saturated carbocycles. The molecule has 102 valence electrons. The van der Waals surface area contributed by atoms with Gasteiger partial charge in [-0.3, -0.25) is 0 Å². The van der Waals surface area contributed by atoms with Gasteiger partial charge < -0.3 is 10.5 Å². The van der Waals surface area contributed by atoms with Gasteiger partial charge in [-0.15, -0.1) is 0 Å². The van der Waals surface area contributed by atoms with E-state index in [0.717, 1.165) is 31.7 Å². The van der Waals surface area contributed by atoms with Crippen molar-refractivity contribution in [1.82, 2.24) is 0 Å². The Balaban J connectivity index is 2.82. The smallest absolute Gasteiger partial charge is 0.122 e. The van der Waals surface area contributed by atoms with Crippen LogP contribution in [-0.2, 0) is 6.42 Å². The summed E-state index contributed by atoms with van der Waals surface area (Å²) in [6.07, 6.45) is 2.21. The zero-order valence-electron chi connectivity index (χ0n) is 12.5. The fraction of sp³-hybridized carbons (Fsp3) is 0.625. The number of benzene rings is 1. The molecule has 2 nitrogen and oxygen atoms in total. The minimum atomic E-state index is 0.221. The first-order chi connectivity index (χ1) is 8.39. The largest absolute Gasteiger partial charge is 0.494 e. The SMILES string of the molecule is CCOc1cc(C)c(CCC(C)(C)CN)cc1C. The maximum atomic E-state index is 5.78. The highest BCUT2D eigenvalue weighted by Crippen LogP contribution is 2.27. The molecular weight excluding hydrogens is 222 g/mol. The van der Waals surface area contributed by atoms with Gasteiger partial charge in [0.05, 0.1) is 6.61 Å². The van der Waals surface area contributed by atoms with Gasteiger partial charge in [0.25, 0.3) is 0 Å². The van der Waals surface area contributed by atoms with E-state index in [2.05, 4.69) is 39.8 Å². The summed E-state index contributed by atoms with van der Waals surface area (Å²) in [7, 11) is 0. The Labute approximate surface area is 112 Å². The van der Waals surface area contributed by atoms with Crippen LogP contribution in [0.3, 0.4) is 0 Å². The van der Waals surface area contributed by atoms with E-state index in [-0.39, 0.29) is 5.41 Å². The summed E-state index contributed by atoms with van der Waals surface area (Å²) in [6.45, 7) is 12.2. The van der Waals surface area contributed by atoms with Crippen LogP contribution < -0.4 is 10.5 Å². The van der Waals surface area contributed by atoms with Crippen molar-refractivity contribution < 1.29 is 4.74 Å². The summed E-state index contributed by atoms with van der Waals surface area (Å²) in [5.41, 5.74) is 9.96. The average molecular weight is 249 g/mol. The molecule has 0 spiro atoms. The lowest BCUT2D eigenvalue weighted by Crippen LogP contribution is -2.24. The molecule has 0 aliphatic carbocycles. The Morgan fingerprint density at radius 3 is 2.39 bits per heavy atom. The van der Waals surface area contributed by atoms with Crippen LogP contribution in [0.4, 0.5) is 0 Å². The molecule has 2 heteroatoms. The highest BCUT2D eigenvalue weighted by molar-refractivity contribution is 5.41. The van der Waals surface area contributed by atoms with E-state index in [1.54, 1.807) is 0 Å². The number of hydrogen-bond acceptors (Lipinski definition) is 2. The maximum absolute atomic E-state index is 5.78. The van der Waals surface area contributed by atoms with E-state index in [4.69, 9.17) is 10.5 Å². The van der Waals surface area contributed by atoms with E-state index in [0.29, 0.717) is 0 Å². The zero-order valence-corrected chi connectivity index (χ0v) is 12.5. The molecule has 0 bridgehead atoms. The maximum Gasteiger partial charge on any atom is 0.122 e. The molecule has 0 aliphatic rings. The Kier molecular flexibility index (Phi) is 5.21. The van der Waals surface area contributed by atoms with Crippen molar-refractivity contribution in [2.75, 3.05) is 13.2 Å². The minimum Gasteiger partial charge on any atom is -0.494 e. The molecule has 0 fully saturated rings. The average Bonchev–Trinajstić information content (AvgIpc) is 2.32. The number of rotatable bonds is 6. The lowest BCUT2D eigenvalue weighted by molar-refractivity contribution is 0.336. The predicted octanol–water partition coefficient (Wildman–Crippen LogP) is 3.62. The lowest BCUT2D eigenvalue weighted by Gasteiger charge is -2.23. The van der Waals surface area contributed by atoms with Crippen LogP contribution in [0.25, 0.3) is 0 Å². The van der Waals surface area contributed by atoms with Crippen molar-refractivity contribution in [3.05, 3.63) is 28.8 Å². The third kappa shape index (κ3) is 4.02. The summed E-state index contributed by atoms with van der Waals surface area (Å²) in [5, 5.41) is 0. The molecule has 0 radical (unpaired) electrons. The van der Waals surface area contributed by atoms with Gasteiger partial charge in [-0.1, -0.05) is 19.9 Å². The molecule has 0 saturated heterocycles. The first kappa shape index (κ1) is 15.0. The van der Waals surface area contributed by atoms with E-state index in [1.165, 1.54) is 16.7 Å². The van der Waals surface area contributed by atoms with E-state index in [1.807, 2.05) is 6.92 Å². The van der Waals surface area contributed by atoms with Gasteiger partial charge in [-0.05, 0) is 68.3 Å². The highest BCUT2D eigenvalue weighted by Gasteiger charge is 2.16. The van der Waals surface area contributed by atoms with Crippen LogP contribution in [-0.4, -0.2) is 13.2 Å². The number of aryl methyl sites for hydroxylation is 3. The molecule has 0 aliphatic heterocycles. The summed E-state index contributed by atoms with van der Waals surface area (Å²) in [5.74, 6) is 1.01. The molecule has 0 aromatic heterocycles. The van der Waals surface area contributed by atoms with Crippen molar-refractivity contribution in [2.24, 2.45) is 11.1 Å². The normalized spacial score (nSPS) is 11.7. The molecule has 0 heterocycles. The summed E-state index contributed by atoms with van der Waals surface area (Å²) in [4.78, 5) is 0. The molecule has 0 amide bonds. The second kappa shape index (κ2) is 6.24. The van der Waals surface area contributed by atoms with Crippen molar-refractivity contribution in [2.45, 2.75) is 47.5 Å². The number of hydrogen-bond donors (Lipinski definition) is 1. The van der Waals surface area contributed by atoms with Gasteiger partial charge >= 0.3 is 0 Å². The minimum absolute atomic E-state index is 0.221. The highest BCUT2D eigenvalue weighted by atomic mass is 16.5. The first-order valence-corrected chi connectivity index (χ1v) is 6.82. The monoisotopic (exact) mass is 249 g/mol. The number of ether oxygens (including phenoxy) is 1. The van der Waals surface area contributed by atoms with Gasteiger partial charge in [0.1, 0.15) is 5.75 Å². The van der Waals surface area contributed by atoms with Crippen LogP contribution in [0.2, 0.25) is 0 Å². The summed E-state index contributed by atoms with van der Waals surface area (Å²) < 4.78 is 5.62. The van der Waals surface area contributed by atoms with E-state index >= 15 is 0 Å². The first-order valence-electron chi connectivity index (χ1n) is 6.82. The molecule has 1 aromatic carbocycles. The Morgan fingerprint density at radius 2 is 1.83 bits per heavy atom. The van der Waals surface area contributed by atoms with Gasteiger partial charge in [0.15, 0.2) is 0 Å². The van der Waals surface area contributed by atoms with Gasteiger partial charge in [0, 0.05) is 0 Å². The van der Waals surface area contributed by atoms with E-state index < -0.39 is 0 Å². The quantitative estimate of drug-likeness (QED) is 0.835. The third-order valence-corrected chi connectivity index (χ3v) is 3.56. The van der Waals surface area contributed by atoms with Crippen molar-refractivity contribution in [3.8, 4) is 5.75 Å². The van der Waals surface area contributed by atoms with Gasteiger partial charge in [0.2, 0.25) is 0 Å². The topological polar surface area (TPSA) is 35.2 Å². The number of nitrogens with two attached hydrogens (primary N) is 1. The zero-order chi connectivity index (χ0) is 13.8. The van der Waals surface area contributed by atoms with Crippen molar-refractivity contribution in [3.63, 3.8) is 0 Å². The molecule has 0 atom stereocenters. The van der Waals surface area contributed by atoms with Crippen LogP contribution in [0.15, 0.2) is 12.1 Å². The second-order valence-corrected chi connectivity index (χ2v) is 5.85. The molecule has 0 unspecified atom stereocenters. The Hall–Kier alpha value is -1.02. The molecule has 18 heavy (non-hydrogen) atoms. The fourth-order valence-corrected chi connectivity index (χ4v) is 2.00. The van der Waals surface area contributed by atoms with Crippen LogP contribution in [0.1, 0.15) is 43.9 Å².